The lowest BCUT2D eigenvalue weighted by atomic mass is 9.98. The van der Waals surface area contributed by atoms with Gasteiger partial charge in [-0.3, -0.25) is 0 Å². The van der Waals surface area contributed by atoms with Gasteiger partial charge in [-0.2, -0.15) is 10.0 Å². The first-order chi connectivity index (χ1) is 16.9. The second-order valence-corrected chi connectivity index (χ2v) is 16.7. The van der Waals surface area contributed by atoms with Gasteiger partial charge in [0.2, 0.25) is 0 Å². The van der Waals surface area contributed by atoms with Crippen LogP contribution in [0.1, 0.15) is 109 Å². The van der Waals surface area contributed by atoms with E-state index in [1.807, 2.05) is 0 Å². The molecule has 2 unspecified atom stereocenters. The first kappa shape index (κ1) is 27.3. The van der Waals surface area contributed by atoms with Gasteiger partial charge in [0.1, 0.15) is 0 Å². The highest BCUT2D eigenvalue weighted by atomic mass is 32.3. The molecule has 3 heteroatoms. The molecule has 0 saturated heterocycles. The van der Waals surface area contributed by atoms with Gasteiger partial charge < -0.3 is 0 Å². The van der Waals surface area contributed by atoms with Crippen molar-refractivity contribution >= 4 is 38.3 Å². The minimum absolute atomic E-state index is 0.857. The van der Waals surface area contributed by atoms with E-state index in [4.69, 9.17) is 0 Å². The SMILES string of the molecule is CCCCC(CC)CS1(CC(CC)CCCC)c2cc(C)sc2-c2sc(C3=CC=C(C)CC3)cc21. The van der Waals surface area contributed by atoms with Gasteiger partial charge >= 0.3 is 0 Å². The molecule has 0 fully saturated rings. The van der Waals surface area contributed by atoms with Crippen LogP contribution in [0.5, 0.6) is 0 Å². The van der Waals surface area contributed by atoms with E-state index in [1.165, 1.54) is 86.2 Å². The fourth-order valence-corrected chi connectivity index (χ4v) is 14.8. The van der Waals surface area contributed by atoms with Crippen molar-refractivity contribution in [3.05, 3.63) is 39.6 Å². The summed E-state index contributed by atoms with van der Waals surface area (Å²) in [6.07, 6.45) is 18.1. The number of thiophene rings is 2. The maximum atomic E-state index is 2.71. The molecular formula is C32H48S3. The van der Waals surface area contributed by atoms with Gasteiger partial charge in [0.15, 0.2) is 0 Å². The molecule has 35 heavy (non-hydrogen) atoms. The molecule has 0 aromatic carbocycles. The summed E-state index contributed by atoms with van der Waals surface area (Å²) in [5.74, 6) is 4.57. The largest absolute Gasteiger partial charge is 0.184 e. The molecule has 0 amide bonds. The molecule has 4 rings (SSSR count). The van der Waals surface area contributed by atoms with Crippen LogP contribution in [0, 0.1) is 18.8 Å². The van der Waals surface area contributed by atoms with Gasteiger partial charge in [0.25, 0.3) is 0 Å². The fraction of sp³-hybridized carbons (Fsp3) is 0.625. The number of unbranched alkanes of at least 4 members (excludes halogenated alkanes) is 2. The Morgan fingerprint density at radius 2 is 1.37 bits per heavy atom. The van der Waals surface area contributed by atoms with Crippen molar-refractivity contribution in [2.24, 2.45) is 11.8 Å². The summed E-state index contributed by atoms with van der Waals surface area (Å²) in [4.78, 5) is 9.97. The topological polar surface area (TPSA) is 0 Å². The lowest BCUT2D eigenvalue weighted by Crippen LogP contribution is -2.21. The second-order valence-electron chi connectivity index (χ2n) is 11.1. The van der Waals surface area contributed by atoms with Gasteiger partial charge in [-0.25, -0.2) is 0 Å². The van der Waals surface area contributed by atoms with Crippen molar-refractivity contribution in [2.75, 3.05) is 11.5 Å². The molecule has 1 aliphatic carbocycles. The highest BCUT2D eigenvalue weighted by molar-refractivity contribution is 8.34. The summed E-state index contributed by atoms with van der Waals surface area (Å²) in [5, 5.41) is 0. The zero-order valence-corrected chi connectivity index (χ0v) is 25.6. The Morgan fingerprint density at radius 3 is 1.91 bits per heavy atom. The van der Waals surface area contributed by atoms with Crippen molar-refractivity contribution in [1.29, 1.82) is 0 Å². The van der Waals surface area contributed by atoms with Gasteiger partial charge in [0.05, 0.1) is 9.75 Å². The van der Waals surface area contributed by atoms with Crippen LogP contribution in [0.3, 0.4) is 0 Å². The molecule has 2 aromatic heterocycles. The quantitative estimate of drug-likeness (QED) is 0.242. The second kappa shape index (κ2) is 12.2. The lowest BCUT2D eigenvalue weighted by molar-refractivity contribution is 0.484. The lowest BCUT2D eigenvalue weighted by Gasteiger charge is -2.42. The van der Waals surface area contributed by atoms with E-state index in [-0.39, 0.29) is 0 Å². The summed E-state index contributed by atoms with van der Waals surface area (Å²) in [6.45, 7) is 14.3. The van der Waals surface area contributed by atoms with Crippen molar-refractivity contribution < 1.29 is 0 Å². The smallest absolute Gasteiger partial charge is 0.0584 e. The van der Waals surface area contributed by atoms with E-state index < -0.39 is 10.0 Å². The molecule has 0 spiro atoms. The Morgan fingerprint density at radius 1 is 0.771 bits per heavy atom. The van der Waals surface area contributed by atoms with E-state index in [1.54, 1.807) is 30.0 Å². The summed E-state index contributed by atoms with van der Waals surface area (Å²) >= 11 is 4.21. The maximum Gasteiger partial charge on any atom is 0.0584 e. The van der Waals surface area contributed by atoms with Crippen LogP contribution in [0.15, 0.2) is 39.6 Å². The molecule has 2 atom stereocenters. The molecule has 0 N–H and O–H groups in total. The summed E-state index contributed by atoms with van der Waals surface area (Å²) in [7, 11) is -0.993. The van der Waals surface area contributed by atoms with Gasteiger partial charge in [0, 0.05) is 19.5 Å². The predicted octanol–water partition coefficient (Wildman–Crippen LogP) is 11.9. The molecular weight excluding hydrogens is 481 g/mol. The number of aryl methyl sites for hydroxylation is 1. The van der Waals surface area contributed by atoms with Crippen LogP contribution < -0.4 is 0 Å². The Balaban J connectivity index is 1.82. The molecule has 2 aromatic rings. The van der Waals surface area contributed by atoms with E-state index in [0.29, 0.717) is 0 Å². The van der Waals surface area contributed by atoms with E-state index >= 15 is 0 Å². The van der Waals surface area contributed by atoms with Gasteiger partial charge in [-0.05, 0) is 80.6 Å². The minimum atomic E-state index is -0.993. The molecule has 0 nitrogen and oxygen atoms in total. The third-order valence-corrected chi connectivity index (χ3v) is 15.5. The summed E-state index contributed by atoms with van der Waals surface area (Å²) < 4.78 is 0. The maximum absolute atomic E-state index is 2.71. The summed E-state index contributed by atoms with van der Waals surface area (Å²) in [5.41, 5.74) is 3.10. The van der Waals surface area contributed by atoms with Crippen LogP contribution in [-0.2, 0) is 0 Å². The third kappa shape index (κ3) is 5.73. The zero-order valence-electron chi connectivity index (χ0n) is 23.2. The predicted molar refractivity (Wildman–Crippen MR) is 164 cm³/mol. The van der Waals surface area contributed by atoms with Crippen LogP contribution >= 0.6 is 32.7 Å². The highest BCUT2D eigenvalue weighted by Gasteiger charge is 2.44. The van der Waals surface area contributed by atoms with Crippen molar-refractivity contribution in [3.63, 3.8) is 0 Å². The molecule has 0 radical (unpaired) electrons. The Kier molecular flexibility index (Phi) is 9.49. The molecule has 0 saturated carbocycles. The molecule has 3 heterocycles. The fourth-order valence-electron chi connectivity index (χ4n) is 6.01. The van der Waals surface area contributed by atoms with Crippen molar-refractivity contribution in [3.8, 4) is 9.75 Å². The molecule has 2 aliphatic rings. The number of hydrogen-bond donors (Lipinski definition) is 0. The monoisotopic (exact) mass is 528 g/mol. The molecule has 194 valence electrons. The van der Waals surface area contributed by atoms with E-state index in [9.17, 15) is 0 Å². The molecule has 1 aliphatic heterocycles. The van der Waals surface area contributed by atoms with Gasteiger partial charge in [-0.1, -0.05) is 83.9 Å². The summed E-state index contributed by atoms with van der Waals surface area (Å²) in [6, 6.07) is 5.34. The number of rotatable bonds is 13. The van der Waals surface area contributed by atoms with E-state index in [2.05, 4.69) is 88.5 Å². The normalized spacial score (nSPS) is 22.7. The number of hydrogen-bond acceptors (Lipinski definition) is 2. The number of fused-ring (bicyclic) bond motifs is 3. The van der Waals surface area contributed by atoms with Crippen LogP contribution in [0.25, 0.3) is 15.3 Å². The Hall–Kier alpha value is -0.770. The zero-order chi connectivity index (χ0) is 25.0. The van der Waals surface area contributed by atoms with Crippen LogP contribution in [-0.4, -0.2) is 11.5 Å². The average Bonchev–Trinajstić information content (AvgIpc) is 3.52. The molecule has 0 bridgehead atoms. The van der Waals surface area contributed by atoms with Crippen molar-refractivity contribution in [1.82, 2.24) is 0 Å². The first-order valence-corrected chi connectivity index (χ1v) is 18.0. The third-order valence-electron chi connectivity index (χ3n) is 8.37. The highest BCUT2D eigenvalue weighted by Crippen LogP contribution is 2.76. The average molecular weight is 529 g/mol. The Labute approximate surface area is 225 Å². The first-order valence-electron chi connectivity index (χ1n) is 14.4. The minimum Gasteiger partial charge on any atom is -0.184 e. The standard InChI is InChI=1S/C32H48S3/c1-7-11-13-25(9-3)21-35(22-26(10-4)14-12-8-2)29-19-24(6)33-31(29)32-30(35)20-28(34-32)27-17-15-23(5)16-18-27/h15,17,19-20,25-26H,7-14,16,18,21-22H2,1-6H3. The van der Waals surface area contributed by atoms with Gasteiger partial charge in [-0.15, -0.1) is 22.7 Å². The Bertz CT molecular complexity index is 1030. The van der Waals surface area contributed by atoms with E-state index in [0.717, 1.165) is 11.8 Å². The van der Waals surface area contributed by atoms with Crippen molar-refractivity contribution in [2.45, 2.75) is 116 Å². The number of allylic oxidation sites excluding steroid dienone is 4. The van der Waals surface area contributed by atoms with Crippen LogP contribution in [0.2, 0.25) is 0 Å². The van der Waals surface area contributed by atoms with Crippen LogP contribution in [0.4, 0.5) is 0 Å².